The minimum atomic E-state index is 0.188. The first-order chi connectivity index (χ1) is 7.19. The van der Waals surface area contributed by atoms with Gasteiger partial charge in [-0.3, -0.25) is 0 Å². The van der Waals surface area contributed by atoms with Crippen LogP contribution in [-0.2, 0) is 6.42 Å². The molecule has 1 aliphatic heterocycles. The third-order valence-corrected chi connectivity index (χ3v) is 4.19. The van der Waals surface area contributed by atoms with Gasteiger partial charge in [0.25, 0.3) is 0 Å². The van der Waals surface area contributed by atoms with E-state index in [1.54, 1.807) is 0 Å². The fourth-order valence-corrected chi connectivity index (χ4v) is 2.74. The first-order valence-corrected chi connectivity index (χ1v) is 6.04. The van der Waals surface area contributed by atoms with E-state index >= 15 is 0 Å². The first-order valence-electron chi connectivity index (χ1n) is 5.67. The Morgan fingerprint density at radius 3 is 2.73 bits per heavy atom. The van der Waals surface area contributed by atoms with E-state index in [1.165, 1.54) is 31.2 Å². The Bertz CT molecular complexity index is 407. The molecule has 0 amide bonds. The number of halogens is 1. The van der Waals surface area contributed by atoms with Crippen LogP contribution in [0.5, 0.6) is 5.75 Å². The van der Waals surface area contributed by atoms with Crippen molar-refractivity contribution in [3.8, 4) is 5.75 Å². The van der Waals surface area contributed by atoms with Crippen molar-refractivity contribution >= 4 is 11.6 Å². The average molecular weight is 223 g/mol. The van der Waals surface area contributed by atoms with Crippen molar-refractivity contribution in [1.29, 1.82) is 0 Å². The van der Waals surface area contributed by atoms with Crippen LogP contribution in [-0.4, -0.2) is 5.60 Å². The number of ether oxygens (including phenoxy) is 1. The van der Waals surface area contributed by atoms with E-state index in [0.717, 1.165) is 22.8 Å². The molecule has 1 nitrogen and oxygen atoms in total. The van der Waals surface area contributed by atoms with Crippen LogP contribution < -0.4 is 4.74 Å². The summed E-state index contributed by atoms with van der Waals surface area (Å²) in [4.78, 5) is 0. The molecule has 0 radical (unpaired) electrons. The van der Waals surface area contributed by atoms with Crippen LogP contribution in [0.25, 0.3) is 0 Å². The number of hydrogen-bond donors (Lipinski definition) is 0. The maximum absolute atomic E-state index is 6.13. The van der Waals surface area contributed by atoms with Crippen molar-refractivity contribution in [3.05, 3.63) is 28.3 Å². The number of hydrogen-bond acceptors (Lipinski definition) is 1. The van der Waals surface area contributed by atoms with Gasteiger partial charge in [0.05, 0.1) is 0 Å². The van der Waals surface area contributed by atoms with Crippen LogP contribution in [0.4, 0.5) is 0 Å². The highest BCUT2D eigenvalue weighted by Crippen LogP contribution is 2.45. The lowest BCUT2D eigenvalue weighted by molar-refractivity contribution is -0.0249. The molecule has 1 fully saturated rings. The van der Waals surface area contributed by atoms with Crippen LogP contribution in [0, 0.1) is 6.92 Å². The molecule has 0 aromatic heterocycles. The summed E-state index contributed by atoms with van der Waals surface area (Å²) in [5.74, 6) is 1.07. The number of benzene rings is 1. The monoisotopic (exact) mass is 222 g/mol. The zero-order valence-electron chi connectivity index (χ0n) is 8.98. The van der Waals surface area contributed by atoms with Crippen LogP contribution in [0.3, 0.4) is 0 Å². The summed E-state index contributed by atoms with van der Waals surface area (Å²) in [6, 6.07) is 4.16. The van der Waals surface area contributed by atoms with Gasteiger partial charge in [0.15, 0.2) is 0 Å². The summed E-state index contributed by atoms with van der Waals surface area (Å²) in [6.45, 7) is 2.04. The lowest BCUT2D eigenvalue weighted by atomic mass is 9.74. The molecule has 0 unspecified atom stereocenters. The highest BCUT2D eigenvalue weighted by Gasteiger charge is 2.41. The van der Waals surface area contributed by atoms with Crippen LogP contribution in [0.15, 0.2) is 12.1 Å². The summed E-state index contributed by atoms with van der Waals surface area (Å²) in [5, 5.41) is 0.863. The summed E-state index contributed by atoms with van der Waals surface area (Å²) >= 11 is 6.11. The van der Waals surface area contributed by atoms with Crippen LogP contribution in [0.2, 0.25) is 5.02 Å². The summed E-state index contributed by atoms with van der Waals surface area (Å²) in [6.07, 6.45) is 6.07. The largest absolute Gasteiger partial charge is 0.487 e. The molecule has 1 aromatic carbocycles. The predicted octanol–water partition coefficient (Wildman–Crippen LogP) is 3.90. The Balaban J connectivity index is 1.98. The lowest BCUT2D eigenvalue weighted by Crippen LogP contribution is -2.45. The second kappa shape index (κ2) is 3.15. The quantitative estimate of drug-likeness (QED) is 0.647. The Hall–Kier alpha value is -0.690. The summed E-state index contributed by atoms with van der Waals surface area (Å²) < 4.78 is 6.13. The Kier molecular flexibility index (Phi) is 2.00. The van der Waals surface area contributed by atoms with Gasteiger partial charge < -0.3 is 4.74 Å². The van der Waals surface area contributed by atoms with Crippen molar-refractivity contribution in [1.82, 2.24) is 0 Å². The molecule has 15 heavy (non-hydrogen) atoms. The molecular weight excluding hydrogens is 208 g/mol. The summed E-state index contributed by atoms with van der Waals surface area (Å²) in [5.41, 5.74) is 2.59. The van der Waals surface area contributed by atoms with E-state index in [0.29, 0.717) is 0 Å². The number of rotatable bonds is 0. The molecule has 3 rings (SSSR count). The van der Waals surface area contributed by atoms with Crippen molar-refractivity contribution in [2.45, 2.75) is 44.6 Å². The standard InChI is InChI=1S/C13H15ClO/c1-9-7-12-10(8-11(9)14)3-6-13(15-12)4-2-5-13/h7-8H,2-6H2,1H3. The predicted molar refractivity (Wildman–Crippen MR) is 61.7 cm³/mol. The average Bonchev–Trinajstić information content (AvgIpc) is 2.17. The van der Waals surface area contributed by atoms with Crippen LogP contribution >= 0.6 is 11.6 Å². The van der Waals surface area contributed by atoms with Gasteiger partial charge in [0, 0.05) is 5.02 Å². The van der Waals surface area contributed by atoms with E-state index in [2.05, 4.69) is 12.1 Å². The maximum atomic E-state index is 6.13. The maximum Gasteiger partial charge on any atom is 0.123 e. The van der Waals surface area contributed by atoms with E-state index in [9.17, 15) is 0 Å². The molecule has 1 spiro atoms. The molecule has 80 valence electrons. The van der Waals surface area contributed by atoms with E-state index < -0.39 is 0 Å². The van der Waals surface area contributed by atoms with Crippen molar-refractivity contribution in [2.75, 3.05) is 0 Å². The van der Waals surface area contributed by atoms with Gasteiger partial charge in [0.2, 0.25) is 0 Å². The van der Waals surface area contributed by atoms with Gasteiger partial charge >= 0.3 is 0 Å². The van der Waals surface area contributed by atoms with E-state index in [-0.39, 0.29) is 5.60 Å². The van der Waals surface area contributed by atoms with Gasteiger partial charge in [-0.1, -0.05) is 11.6 Å². The molecule has 2 heteroatoms. The molecule has 0 atom stereocenters. The van der Waals surface area contributed by atoms with Gasteiger partial charge in [-0.15, -0.1) is 0 Å². The third kappa shape index (κ3) is 1.45. The number of fused-ring (bicyclic) bond motifs is 1. The normalized spacial score (nSPS) is 21.7. The highest BCUT2D eigenvalue weighted by molar-refractivity contribution is 6.31. The molecule has 0 saturated heterocycles. The smallest absolute Gasteiger partial charge is 0.123 e. The van der Waals surface area contributed by atoms with Crippen molar-refractivity contribution in [2.24, 2.45) is 0 Å². The Labute approximate surface area is 95.4 Å². The topological polar surface area (TPSA) is 9.23 Å². The molecule has 0 N–H and O–H groups in total. The molecule has 1 saturated carbocycles. The Morgan fingerprint density at radius 2 is 2.07 bits per heavy atom. The number of aryl methyl sites for hydroxylation is 2. The molecule has 1 aromatic rings. The van der Waals surface area contributed by atoms with E-state index in [1.807, 2.05) is 6.92 Å². The fraction of sp³-hybridized carbons (Fsp3) is 0.538. The minimum Gasteiger partial charge on any atom is -0.487 e. The Morgan fingerprint density at radius 1 is 1.27 bits per heavy atom. The molecular formula is C13H15ClO. The second-order valence-corrected chi connectivity index (χ2v) is 5.25. The lowest BCUT2D eigenvalue weighted by Gasteiger charge is -2.45. The fourth-order valence-electron chi connectivity index (χ4n) is 2.56. The van der Waals surface area contributed by atoms with Gasteiger partial charge in [0.1, 0.15) is 11.4 Å². The van der Waals surface area contributed by atoms with E-state index in [4.69, 9.17) is 16.3 Å². The van der Waals surface area contributed by atoms with Crippen molar-refractivity contribution < 1.29 is 4.74 Å². The second-order valence-electron chi connectivity index (χ2n) is 4.85. The molecule has 2 aliphatic rings. The van der Waals surface area contributed by atoms with Gasteiger partial charge in [-0.25, -0.2) is 0 Å². The SMILES string of the molecule is Cc1cc2c(cc1Cl)CCC1(CCC1)O2. The zero-order valence-corrected chi connectivity index (χ0v) is 9.73. The highest BCUT2D eigenvalue weighted by atomic mass is 35.5. The molecule has 1 heterocycles. The molecule has 0 bridgehead atoms. The first kappa shape index (κ1) is 9.53. The van der Waals surface area contributed by atoms with Gasteiger partial charge in [-0.2, -0.15) is 0 Å². The van der Waals surface area contributed by atoms with Crippen molar-refractivity contribution in [3.63, 3.8) is 0 Å². The van der Waals surface area contributed by atoms with Gasteiger partial charge in [-0.05, 0) is 62.3 Å². The summed E-state index contributed by atoms with van der Waals surface area (Å²) in [7, 11) is 0. The third-order valence-electron chi connectivity index (χ3n) is 3.78. The van der Waals surface area contributed by atoms with Crippen LogP contribution in [0.1, 0.15) is 36.8 Å². The zero-order chi connectivity index (χ0) is 10.5. The minimum absolute atomic E-state index is 0.188. The molecule has 1 aliphatic carbocycles.